The zero-order chi connectivity index (χ0) is 20.9. The third-order valence-electron chi connectivity index (χ3n) is 5.12. The molecule has 3 aromatic heterocycles. The molecule has 0 aliphatic carbocycles. The number of carbonyl (C=O) groups excluding carboxylic acids is 1. The van der Waals surface area contributed by atoms with Crippen LogP contribution >= 0.6 is 11.6 Å². The highest BCUT2D eigenvalue weighted by Crippen LogP contribution is 2.25. The molecule has 4 rings (SSSR count). The number of hydrogen-bond acceptors (Lipinski definition) is 6. The summed E-state index contributed by atoms with van der Waals surface area (Å²) in [6, 6.07) is 11.1. The molecule has 1 amide bonds. The van der Waals surface area contributed by atoms with Crippen LogP contribution in [-0.4, -0.2) is 38.9 Å². The highest BCUT2D eigenvalue weighted by molar-refractivity contribution is 6.30. The maximum Gasteiger partial charge on any atom is 0.230 e. The lowest BCUT2D eigenvalue weighted by Gasteiger charge is -2.33. The van der Waals surface area contributed by atoms with Gasteiger partial charge in [0.2, 0.25) is 5.91 Å². The van der Waals surface area contributed by atoms with Gasteiger partial charge in [-0.15, -0.1) is 0 Å². The molecule has 1 aliphatic heterocycles. The molecule has 1 fully saturated rings. The van der Waals surface area contributed by atoms with E-state index in [4.69, 9.17) is 16.6 Å². The van der Waals surface area contributed by atoms with Crippen LogP contribution in [0.3, 0.4) is 0 Å². The Bertz CT molecular complexity index is 1010. The predicted molar refractivity (Wildman–Crippen MR) is 117 cm³/mol. The Labute approximate surface area is 180 Å². The molecule has 30 heavy (non-hydrogen) atoms. The summed E-state index contributed by atoms with van der Waals surface area (Å²) >= 11 is 5.87. The summed E-state index contributed by atoms with van der Waals surface area (Å²) in [6.45, 7) is 3.52. The quantitative estimate of drug-likeness (QED) is 0.668. The predicted octanol–water partition coefficient (Wildman–Crippen LogP) is 4.00. The van der Waals surface area contributed by atoms with Crippen molar-refractivity contribution in [3.8, 4) is 11.5 Å². The Morgan fingerprint density at radius 1 is 1.23 bits per heavy atom. The summed E-state index contributed by atoms with van der Waals surface area (Å²) in [5, 5.41) is 3.43. The van der Waals surface area contributed by atoms with Crippen molar-refractivity contribution in [3.05, 3.63) is 59.5 Å². The molecule has 0 saturated carbocycles. The van der Waals surface area contributed by atoms with Crippen LogP contribution in [0.15, 0.2) is 48.8 Å². The largest absolute Gasteiger partial charge is 0.356 e. The van der Waals surface area contributed by atoms with Crippen molar-refractivity contribution in [2.24, 2.45) is 5.92 Å². The van der Waals surface area contributed by atoms with Crippen LogP contribution in [0.2, 0.25) is 5.02 Å². The summed E-state index contributed by atoms with van der Waals surface area (Å²) in [7, 11) is 0. The fourth-order valence-electron chi connectivity index (χ4n) is 3.51. The van der Waals surface area contributed by atoms with Gasteiger partial charge in [-0.1, -0.05) is 24.6 Å². The Balaban J connectivity index is 1.52. The van der Waals surface area contributed by atoms with E-state index in [0.29, 0.717) is 23.2 Å². The summed E-state index contributed by atoms with van der Waals surface area (Å²) in [5.41, 5.74) is 1.70. The molecule has 0 bridgehead atoms. The zero-order valence-corrected chi connectivity index (χ0v) is 17.5. The van der Waals surface area contributed by atoms with Gasteiger partial charge in [-0.3, -0.25) is 9.78 Å². The highest BCUT2D eigenvalue weighted by atomic mass is 35.5. The van der Waals surface area contributed by atoms with E-state index in [9.17, 15) is 4.79 Å². The number of anilines is 2. The number of hydrogen-bond donors (Lipinski definition) is 1. The van der Waals surface area contributed by atoms with Crippen LogP contribution in [0.5, 0.6) is 0 Å². The van der Waals surface area contributed by atoms with Gasteiger partial charge in [0.25, 0.3) is 0 Å². The summed E-state index contributed by atoms with van der Waals surface area (Å²) in [6.07, 6.45) is 5.81. The lowest BCUT2D eigenvalue weighted by molar-refractivity contribution is -0.120. The lowest BCUT2D eigenvalue weighted by Crippen LogP contribution is -2.41. The number of nitrogens with zero attached hydrogens (tertiary/aromatic N) is 5. The summed E-state index contributed by atoms with van der Waals surface area (Å²) in [4.78, 5) is 32.9. The van der Waals surface area contributed by atoms with Crippen LogP contribution < -0.4 is 10.2 Å². The molecular weight excluding hydrogens is 400 g/mol. The molecule has 0 radical (unpaired) electrons. The van der Waals surface area contributed by atoms with Crippen molar-refractivity contribution in [1.29, 1.82) is 0 Å². The van der Waals surface area contributed by atoms with E-state index in [1.165, 1.54) is 6.20 Å². The highest BCUT2D eigenvalue weighted by Gasteiger charge is 2.27. The summed E-state index contributed by atoms with van der Waals surface area (Å²) in [5.74, 6) is 1.78. The van der Waals surface area contributed by atoms with Crippen molar-refractivity contribution < 1.29 is 4.79 Å². The van der Waals surface area contributed by atoms with Gasteiger partial charge >= 0.3 is 0 Å². The molecule has 1 N–H and O–H groups in total. The molecular formula is C22H23ClN6O. The fourth-order valence-corrected chi connectivity index (χ4v) is 3.62. The first kappa shape index (κ1) is 20.2. The first-order chi connectivity index (χ1) is 14.6. The maximum atomic E-state index is 12.8. The SMILES string of the molecule is CCc1cc(N2CCCC(C(=O)Nc3ccc(Cl)cn3)C2)nc(-c2ccccn2)n1. The van der Waals surface area contributed by atoms with Crippen molar-refractivity contribution >= 4 is 29.1 Å². The Hall–Kier alpha value is -3.06. The van der Waals surface area contributed by atoms with Crippen LogP contribution in [0.1, 0.15) is 25.5 Å². The number of halogens is 1. The number of carbonyl (C=O) groups is 1. The van der Waals surface area contributed by atoms with Gasteiger partial charge in [0, 0.05) is 37.2 Å². The van der Waals surface area contributed by atoms with E-state index < -0.39 is 0 Å². The minimum atomic E-state index is -0.144. The second-order valence-electron chi connectivity index (χ2n) is 7.25. The molecule has 3 aromatic rings. The first-order valence-electron chi connectivity index (χ1n) is 10.1. The number of nitrogens with one attached hydrogen (secondary N) is 1. The molecule has 8 heteroatoms. The summed E-state index contributed by atoms with van der Waals surface area (Å²) < 4.78 is 0. The molecule has 154 valence electrons. The monoisotopic (exact) mass is 422 g/mol. The number of aromatic nitrogens is 4. The third-order valence-corrected chi connectivity index (χ3v) is 5.34. The minimum absolute atomic E-state index is 0.0377. The zero-order valence-electron chi connectivity index (χ0n) is 16.8. The van der Waals surface area contributed by atoms with E-state index in [1.54, 1.807) is 18.3 Å². The minimum Gasteiger partial charge on any atom is -0.356 e. The van der Waals surface area contributed by atoms with E-state index in [0.717, 1.165) is 43.0 Å². The number of aryl methyl sites for hydroxylation is 1. The van der Waals surface area contributed by atoms with Crippen molar-refractivity contribution in [3.63, 3.8) is 0 Å². The Morgan fingerprint density at radius 3 is 2.87 bits per heavy atom. The molecule has 1 aliphatic rings. The average Bonchev–Trinajstić information content (AvgIpc) is 2.81. The molecule has 4 heterocycles. The van der Waals surface area contributed by atoms with E-state index in [2.05, 4.69) is 32.1 Å². The Morgan fingerprint density at radius 2 is 2.13 bits per heavy atom. The molecule has 0 spiro atoms. The van der Waals surface area contributed by atoms with E-state index in [1.807, 2.05) is 24.3 Å². The van der Waals surface area contributed by atoms with Gasteiger partial charge in [0.1, 0.15) is 17.3 Å². The van der Waals surface area contributed by atoms with E-state index in [-0.39, 0.29) is 11.8 Å². The molecule has 7 nitrogen and oxygen atoms in total. The number of pyridine rings is 2. The normalized spacial score (nSPS) is 16.3. The van der Waals surface area contributed by atoms with Gasteiger partial charge in [-0.25, -0.2) is 15.0 Å². The topological polar surface area (TPSA) is 83.9 Å². The molecule has 0 aromatic carbocycles. The smallest absolute Gasteiger partial charge is 0.230 e. The van der Waals surface area contributed by atoms with Crippen molar-refractivity contribution in [2.75, 3.05) is 23.3 Å². The van der Waals surface area contributed by atoms with Crippen LogP contribution in [0.25, 0.3) is 11.5 Å². The first-order valence-corrected chi connectivity index (χ1v) is 10.5. The molecule has 1 saturated heterocycles. The van der Waals surface area contributed by atoms with Gasteiger partial charge in [-0.2, -0.15) is 0 Å². The maximum absolute atomic E-state index is 12.8. The van der Waals surface area contributed by atoms with Crippen LogP contribution in [0.4, 0.5) is 11.6 Å². The fraction of sp³-hybridized carbons (Fsp3) is 0.318. The standard InChI is InChI=1S/C22H23ClN6O/c1-2-17-12-20(28-21(26-17)18-7-3-4-10-24-18)29-11-5-6-15(14-29)22(30)27-19-9-8-16(23)13-25-19/h3-4,7-10,12-13,15H,2,5-6,11,14H2,1H3,(H,25,27,30). The Kier molecular flexibility index (Phi) is 6.18. The second-order valence-corrected chi connectivity index (χ2v) is 7.68. The molecule has 1 unspecified atom stereocenters. The second kappa shape index (κ2) is 9.17. The van der Waals surface area contributed by atoms with Crippen LogP contribution in [-0.2, 0) is 11.2 Å². The number of amides is 1. The number of rotatable bonds is 5. The molecule has 1 atom stereocenters. The van der Waals surface area contributed by atoms with Crippen LogP contribution in [0, 0.1) is 5.92 Å². The third kappa shape index (κ3) is 4.74. The van der Waals surface area contributed by atoms with E-state index >= 15 is 0 Å². The van der Waals surface area contributed by atoms with Crippen molar-refractivity contribution in [1.82, 2.24) is 19.9 Å². The van der Waals surface area contributed by atoms with Gasteiger partial charge in [0.15, 0.2) is 5.82 Å². The number of piperidine rings is 1. The van der Waals surface area contributed by atoms with Gasteiger partial charge in [-0.05, 0) is 43.5 Å². The van der Waals surface area contributed by atoms with Gasteiger partial charge < -0.3 is 10.2 Å². The van der Waals surface area contributed by atoms with Crippen molar-refractivity contribution in [2.45, 2.75) is 26.2 Å². The lowest BCUT2D eigenvalue weighted by atomic mass is 9.97. The average molecular weight is 423 g/mol. The van der Waals surface area contributed by atoms with Gasteiger partial charge in [0.05, 0.1) is 10.9 Å².